The van der Waals surface area contributed by atoms with Crippen LogP contribution in [0.1, 0.15) is 30.0 Å². The van der Waals surface area contributed by atoms with Crippen LogP contribution >= 0.6 is 11.3 Å². The van der Waals surface area contributed by atoms with Crippen molar-refractivity contribution in [1.82, 2.24) is 4.72 Å². The molecule has 3 rings (SSSR count). The molecule has 5 heteroatoms. The Balaban J connectivity index is 1.90. The first kappa shape index (κ1) is 12.8. The molecule has 0 aliphatic heterocycles. The highest BCUT2D eigenvalue weighted by atomic mass is 32.2. The van der Waals surface area contributed by atoms with Crippen molar-refractivity contribution < 1.29 is 8.42 Å². The van der Waals surface area contributed by atoms with E-state index in [1.807, 2.05) is 18.2 Å². The van der Waals surface area contributed by atoms with E-state index in [0.717, 1.165) is 24.8 Å². The predicted molar refractivity (Wildman–Crippen MR) is 76.8 cm³/mol. The van der Waals surface area contributed by atoms with Crippen LogP contribution in [-0.4, -0.2) is 8.42 Å². The molecule has 3 nitrogen and oxygen atoms in total. The Morgan fingerprint density at radius 1 is 1.16 bits per heavy atom. The zero-order valence-electron chi connectivity index (χ0n) is 10.4. The molecule has 0 radical (unpaired) electrons. The zero-order valence-corrected chi connectivity index (χ0v) is 12.0. The summed E-state index contributed by atoms with van der Waals surface area (Å²) in [5, 5.41) is 1.78. The SMILES string of the molecule is O=S(=O)(NC1CCCc2ccccc21)c1cccs1. The van der Waals surface area contributed by atoms with Crippen LogP contribution in [0, 0.1) is 0 Å². The van der Waals surface area contributed by atoms with Crippen molar-refractivity contribution >= 4 is 21.4 Å². The Morgan fingerprint density at radius 3 is 2.79 bits per heavy atom. The maximum Gasteiger partial charge on any atom is 0.250 e. The second-order valence-corrected chi connectivity index (χ2v) is 7.59. The minimum absolute atomic E-state index is 0.1000. The molecule has 0 spiro atoms. The van der Waals surface area contributed by atoms with Gasteiger partial charge in [-0.3, -0.25) is 0 Å². The molecule has 1 N–H and O–H groups in total. The molecule has 19 heavy (non-hydrogen) atoms. The highest BCUT2D eigenvalue weighted by Crippen LogP contribution is 2.31. The third kappa shape index (κ3) is 2.59. The van der Waals surface area contributed by atoms with Gasteiger partial charge in [-0.1, -0.05) is 30.3 Å². The number of rotatable bonds is 3. The third-order valence-electron chi connectivity index (χ3n) is 3.43. The van der Waals surface area contributed by atoms with Gasteiger partial charge in [-0.2, -0.15) is 0 Å². The number of hydrogen-bond acceptors (Lipinski definition) is 3. The van der Waals surface area contributed by atoms with E-state index < -0.39 is 10.0 Å². The minimum atomic E-state index is -3.39. The smallest absolute Gasteiger partial charge is 0.206 e. The average Bonchev–Trinajstić information content (AvgIpc) is 2.93. The van der Waals surface area contributed by atoms with Gasteiger partial charge in [-0.25, -0.2) is 13.1 Å². The van der Waals surface area contributed by atoms with Crippen molar-refractivity contribution in [2.24, 2.45) is 0 Å². The number of hydrogen-bond donors (Lipinski definition) is 1. The van der Waals surface area contributed by atoms with E-state index >= 15 is 0 Å². The Morgan fingerprint density at radius 2 is 2.00 bits per heavy atom. The van der Waals surface area contributed by atoms with Crippen molar-refractivity contribution in [3.8, 4) is 0 Å². The van der Waals surface area contributed by atoms with E-state index in [9.17, 15) is 8.42 Å². The summed E-state index contributed by atoms with van der Waals surface area (Å²) in [7, 11) is -3.39. The second kappa shape index (κ2) is 5.07. The van der Waals surface area contributed by atoms with Crippen molar-refractivity contribution in [2.45, 2.75) is 29.5 Å². The van der Waals surface area contributed by atoms with Gasteiger partial charge in [0.25, 0.3) is 10.0 Å². The molecular weight excluding hydrogens is 278 g/mol. The van der Waals surface area contributed by atoms with Gasteiger partial charge in [0.2, 0.25) is 0 Å². The standard InChI is InChI=1S/C14H15NO2S2/c16-19(17,14-9-4-10-18-14)15-13-8-3-6-11-5-1-2-7-12(11)13/h1-2,4-5,7,9-10,13,15H,3,6,8H2. The second-order valence-electron chi connectivity index (χ2n) is 4.70. The van der Waals surface area contributed by atoms with Gasteiger partial charge in [0, 0.05) is 6.04 Å². The molecule has 0 bridgehead atoms. The molecule has 2 aromatic rings. The molecule has 0 saturated carbocycles. The van der Waals surface area contributed by atoms with Gasteiger partial charge in [0.05, 0.1) is 0 Å². The fraction of sp³-hybridized carbons (Fsp3) is 0.286. The molecule has 1 atom stereocenters. The molecule has 0 saturated heterocycles. The summed E-state index contributed by atoms with van der Waals surface area (Å²) in [5.74, 6) is 0. The highest BCUT2D eigenvalue weighted by molar-refractivity contribution is 7.91. The van der Waals surface area contributed by atoms with Crippen LogP contribution in [0.4, 0.5) is 0 Å². The summed E-state index contributed by atoms with van der Waals surface area (Å²) in [6.07, 6.45) is 2.92. The van der Waals surface area contributed by atoms with Gasteiger partial charge in [0.1, 0.15) is 4.21 Å². The molecule has 1 aliphatic rings. The number of benzene rings is 1. The summed E-state index contributed by atoms with van der Waals surface area (Å²) in [6, 6.07) is 11.4. The molecule has 1 unspecified atom stereocenters. The molecule has 100 valence electrons. The summed E-state index contributed by atoms with van der Waals surface area (Å²) in [5.41, 5.74) is 2.38. The summed E-state index contributed by atoms with van der Waals surface area (Å²) >= 11 is 1.25. The first-order valence-corrected chi connectivity index (χ1v) is 8.67. The minimum Gasteiger partial charge on any atom is -0.206 e. The van der Waals surface area contributed by atoms with Crippen LogP contribution in [-0.2, 0) is 16.4 Å². The quantitative estimate of drug-likeness (QED) is 0.945. The molecule has 1 heterocycles. The molecular formula is C14H15NO2S2. The van der Waals surface area contributed by atoms with E-state index in [2.05, 4.69) is 10.8 Å². The fourth-order valence-electron chi connectivity index (χ4n) is 2.54. The van der Waals surface area contributed by atoms with Crippen LogP contribution in [0.25, 0.3) is 0 Å². The van der Waals surface area contributed by atoms with Gasteiger partial charge in [-0.05, 0) is 41.8 Å². The van der Waals surface area contributed by atoms with E-state index in [1.54, 1.807) is 17.5 Å². The maximum atomic E-state index is 12.3. The van der Waals surface area contributed by atoms with Crippen molar-refractivity contribution in [3.63, 3.8) is 0 Å². The molecule has 1 aliphatic carbocycles. The van der Waals surface area contributed by atoms with Gasteiger partial charge in [0.15, 0.2) is 0 Å². The van der Waals surface area contributed by atoms with Crippen LogP contribution in [0.3, 0.4) is 0 Å². The number of thiophene rings is 1. The number of sulfonamides is 1. The Labute approximate surface area is 117 Å². The van der Waals surface area contributed by atoms with Gasteiger partial charge in [-0.15, -0.1) is 11.3 Å². The average molecular weight is 293 g/mol. The number of nitrogens with one attached hydrogen (secondary N) is 1. The Kier molecular flexibility index (Phi) is 3.43. The number of aryl methyl sites for hydroxylation is 1. The first-order valence-electron chi connectivity index (χ1n) is 6.30. The molecule has 0 amide bonds. The third-order valence-corrected chi connectivity index (χ3v) is 6.30. The predicted octanol–water partition coefficient (Wildman–Crippen LogP) is 3.10. The van der Waals surface area contributed by atoms with Crippen LogP contribution in [0.2, 0.25) is 0 Å². The van der Waals surface area contributed by atoms with Gasteiger partial charge < -0.3 is 0 Å². The topological polar surface area (TPSA) is 46.2 Å². The lowest BCUT2D eigenvalue weighted by atomic mass is 9.88. The van der Waals surface area contributed by atoms with E-state index in [0.29, 0.717) is 4.21 Å². The molecule has 1 aromatic heterocycles. The monoisotopic (exact) mass is 293 g/mol. The summed E-state index contributed by atoms with van der Waals surface area (Å²) in [4.78, 5) is 0. The highest BCUT2D eigenvalue weighted by Gasteiger charge is 2.25. The lowest BCUT2D eigenvalue weighted by Gasteiger charge is -2.25. The fourth-order valence-corrected chi connectivity index (χ4v) is 4.80. The van der Waals surface area contributed by atoms with E-state index in [4.69, 9.17) is 0 Å². The lowest BCUT2D eigenvalue weighted by molar-refractivity contribution is 0.508. The largest absolute Gasteiger partial charge is 0.250 e. The van der Waals surface area contributed by atoms with Crippen LogP contribution in [0.15, 0.2) is 46.0 Å². The Bertz CT molecular complexity index is 663. The van der Waals surface area contributed by atoms with Crippen molar-refractivity contribution in [1.29, 1.82) is 0 Å². The zero-order chi connectivity index (χ0) is 13.3. The maximum absolute atomic E-state index is 12.3. The van der Waals surface area contributed by atoms with Crippen LogP contribution in [0.5, 0.6) is 0 Å². The van der Waals surface area contributed by atoms with Crippen molar-refractivity contribution in [2.75, 3.05) is 0 Å². The molecule has 1 aromatic carbocycles. The summed E-state index contributed by atoms with van der Waals surface area (Å²) < 4.78 is 27.8. The van der Waals surface area contributed by atoms with E-state index in [-0.39, 0.29) is 6.04 Å². The Hall–Kier alpha value is -1.17. The number of fused-ring (bicyclic) bond motifs is 1. The van der Waals surface area contributed by atoms with Crippen molar-refractivity contribution in [3.05, 3.63) is 52.9 Å². The van der Waals surface area contributed by atoms with Gasteiger partial charge >= 0.3 is 0 Å². The lowest BCUT2D eigenvalue weighted by Crippen LogP contribution is -2.30. The normalized spacial score (nSPS) is 19.1. The van der Waals surface area contributed by atoms with Crippen LogP contribution < -0.4 is 4.72 Å². The summed E-state index contributed by atoms with van der Waals surface area (Å²) in [6.45, 7) is 0. The van der Waals surface area contributed by atoms with E-state index in [1.165, 1.54) is 16.9 Å². The molecule has 0 fully saturated rings. The first-order chi connectivity index (χ1) is 9.17.